The molecule has 0 saturated heterocycles. The summed E-state index contributed by atoms with van der Waals surface area (Å²) in [6.45, 7) is 3.33. The zero-order valence-electron chi connectivity index (χ0n) is 10.9. The van der Waals surface area contributed by atoms with Gasteiger partial charge in [0.2, 0.25) is 0 Å². The van der Waals surface area contributed by atoms with Gasteiger partial charge in [-0.2, -0.15) is 5.26 Å². The Morgan fingerprint density at radius 1 is 1.21 bits per heavy atom. The van der Waals surface area contributed by atoms with Crippen molar-refractivity contribution in [1.29, 1.82) is 5.26 Å². The fraction of sp³-hybridized carbons (Fsp3) is 0.200. The molecular weight excluding hydrogens is 238 g/mol. The molecule has 2 rings (SSSR count). The van der Waals surface area contributed by atoms with Gasteiger partial charge in [0.25, 0.3) is 5.91 Å². The molecule has 0 aliphatic heterocycles. The second-order valence-corrected chi connectivity index (χ2v) is 4.83. The van der Waals surface area contributed by atoms with E-state index in [1.54, 1.807) is 26.0 Å². The van der Waals surface area contributed by atoms with Crippen LogP contribution < -0.4 is 5.32 Å². The van der Waals surface area contributed by atoms with E-state index in [-0.39, 0.29) is 5.91 Å². The Bertz CT molecular complexity index is 604. The van der Waals surface area contributed by atoms with Gasteiger partial charge in [0.1, 0.15) is 5.54 Å². The molecule has 1 aromatic carbocycles. The van der Waals surface area contributed by atoms with E-state index < -0.39 is 5.54 Å². The van der Waals surface area contributed by atoms with E-state index in [0.717, 1.165) is 5.69 Å². The lowest BCUT2D eigenvalue weighted by molar-refractivity contribution is 0.0929. The first kappa shape index (κ1) is 12.9. The normalized spacial score (nSPS) is 10.8. The van der Waals surface area contributed by atoms with E-state index in [4.69, 9.17) is 5.26 Å². The Morgan fingerprint density at radius 3 is 2.32 bits per heavy atom. The second-order valence-electron chi connectivity index (χ2n) is 4.83. The minimum absolute atomic E-state index is 0.245. The maximum absolute atomic E-state index is 11.9. The van der Waals surface area contributed by atoms with Crippen molar-refractivity contribution in [3.8, 4) is 11.8 Å². The molecule has 4 nitrogen and oxygen atoms in total. The third-order valence-electron chi connectivity index (χ3n) is 2.74. The predicted octanol–water partition coefficient (Wildman–Crippen LogP) is 2.51. The van der Waals surface area contributed by atoms with Crippen LogP contribution in [0.4, 0.5) is 0 Å². The smallest absolute Gasteiger partial charge is 0.252 e. The van der Waals surface area contributed by atoms with E-state index in [1.807, 2.05) is 47.3 Å². The summed E-state index contributed by atoms with van der Waals surface area (Å²) in [6.07, 6.45) is 3.88. The monoisotopic (exact) mass is 253 g/mol. The maximum atomic E-state index is 11.9. The van der Waals surface area contributed by atoms with E-state index in [2.05, 4.69) is 5.32 Å². The van der Waals surface area contributed by atoms with Gasteiger partial charge in [-0.05, 0) is 50.2 Å². The van der Waals surface area contributed by atoms with Gasteiger partial charge in [-0.15, -0.1) is 0 Å². The van der Waals surface area contributed by atoms with Crippen molar-refractivity contribution >= 4 is 5.91 Å². The van der Waals surface area contributed by atoms with Crippen molar-refractivity contribution in [2.75, 3.05) is 0 Å². The first-order chi connectivity index (χ1) is 9.02. The molecule has 1 aromatic heterocycles. The van der Waals surface area contributed by atoms with Gasteiger partial charge in [-0.25, -0.2) is 0 Å². The SMILES string of the molecule is CC(C)(C#N)NC(=O)c1ccc(-n2cccc2)cc1. The number of nitriles is 1. The highest BCUT2D eigenvalue weighted by atomic mass is 16.1. The molecule has 0 spiro atoms. The Kier molecular flexibility index (Phi) is 3.39. The highest BCUT2D eigenvalue weighted by molar-refractivity contribution is 5.95. The molecule has 0 aliphatic rings. The number of carbonyl (C=O) groups is 1. The molecule has 1 amide bonds. The lowest BCUT2D eigenvalue weighted by atomic mass is 10.1. The Morgan fingerprint density at radius 2 is 1.79 bits per heavy atom. The van der Waals surface area contributed by atoms with Crippen molar-refractivity contribution in [2.45, 2.75) is 19.4 Å². The molecule has 0 bridgehead atoms. The number of nitrogens with zero attached hydrogens (tertiary/aromatic N) is 2. The third-order valence-corrected chi connectivity index (χ3v) is 2.74. The van der Waals surface area contributed by atoms with Crippen LogP contribution in [0.5, 0.6) is 0 Å². The van der Waals surface area contributed by atoms with Crippen LogP contribution in [-0.4, -0.2) is 16.0 Å². The van der Waals surface area contributed by atoms with Gasteiger partial charge < -0.3 is 9.88 Å². The molecule has 0 atom stereocenters. The average Bonchev–Trinajstić information content (AvgIpc) is 2.92. The van der Waals surface area contributed by atoms with Crippen LogP contribution in [0.1, 0.15) is 24.2 Å². The number of rotatable bonds is 3. The summed E-state index contributed by atoms with van der Waals surface area (Å²) in [5, 5.41) is 11.6. The minimum Gasteiger partial charge on any atom is -0.334 e. The van der Waals surface area contributed by atoms with Crippen LogP contribution in [-0.2, 0) is 0 Å². The van der Waals surface area contributed by atoms with Crippen LogP contribution in [0.2, 0.25) is 0 Å². The first-order valence-electron chi connectivity index (χ1n) is 5.99. The van der Waals surface area contributed by atoms with Gasteiger partial charge >= 0.3 is 0 Å². The number of benzene rings is 1. The Labute approximate surface area is 112 Å². The van der Waals surface area contributed by atoms with E-state index in [1.165, 1.54) is 0 Å². The lowest BCUT2D eigenvalue weighted by Gasteiger charge is -2.17. The molecule has 0 saturated carbocycles. The standard InChI is InChI=1S/C15H15N3O/c1-15(2,11-16)17-14(19)12-5-7-13(8-6-12)18-9-3-4-10-18/h3-10H,1-2H3,(H,17,19). The van der Waals surface area contributed by atoms with Gasteiger partial charge in [0.05, 0.1) is 6.07 Å². The van der Waals surface area contributed by atoms with Gasteiger partial charge in [0.15, 0.2) is 0 Å². The molecule has 0 radical (unpaired) electrons. The molecule has 0 aliphatic carbocycles. The molecule has 2 aromatic rings. The van der Waals surface area contributed by atoms with E-state index in [9.17, 15) is 4.79 Å². The quantitative estimate of drug-likeness (QED) is 0.913. The fourth-order valence-electron chi connectivity index (χ4n) is 1.68. The van der Waals surface area contributed by atoms with Crippen molar-refractivity contribution in [3.05, 3.63) is 54.4 Å². The summed E-state index contributed by atoms with van der Waals surface area (Å²) in [5.41, 5.74) is 0.663. The number of amides is 1. The zero-order chi connectivity index (χ0) is 13.9. The van der Waals surface area contributed by atoms with Crippen LogP contribution >= 0.6 is 0 Å². The van der Waals surface area contributed by atoms with Crippen LogP contribution in [0.15, 0.2) is 48.8 Å². The first-order valence-corrected chi connectivity index (χ1v) is 5.99. The van der Waals surface area contributed by atoms with Gasteiger partial charge in [0, 0.05) is 23.6 Å². The number of aromatic nitrogens is 1. The average molecular weight is 253 g/mol. The molecular formula is C15H15N3O. The van der Waals surface area contributed by atoms with E-state index >= 15 is 0 Å². The number of nitrogens with one attached hydrogen (secondary N) is 1. The fourth-order valence-corrected chi connectivity index (χ4v) is 1.68. The van der Waals surface area contributed by atoms with Crippen LogP contribution in [0, 0.1) is 11.3 Å². The Hall–Kier alpha value is -2.54. The van der Waals surface area contributed by atoms with Gasteiger partial charge in [-0.3, -0.25) is 4.79 Å². The molecule has 19 heavy (non-hydrogen) atoms. The highest BCUT2D eigenvalue weighted by Crippen LogP contribution is 2.11. The number of hydrogen-bond donors (Lipinski definition) is 1. The predicted molar refractivity (Wildman–Crippen MR) is 72.9 cm³/mol. The number of carbonyl (C=O) groups excluding carboxylic acids is 1. The maximum Gasteiger partial charge on any atom is 0.252 e. The molecule has 0 unspecified atom stereocenters. The van der Waals surface area contributed by atoms with Crippen LogP contribution in [0.25, 0.3) is 5.69 Å². The van der Waals surface area contributed by atoms with Crippen molar-refractivity contribution in [3.63, 3.8) is 0 Å². The summed E-state index contributed by atoms with van der Waals surface area (Å²) in [7, 11) is 0. The summed E-state index contributed by atoms with van der Waals surface area (Å²) in [4.78, 5) is 11.9. The summed E-state index contributed by atoms with van der Waals surface area (Å²) in [6, 6.07) is 13.2. The molecule has 1 heterocycles. The summed E-state index contributed by atoms with van der Waals surface area (Å²) < 4.78 is 1.96. The summed E-state index contributed by atoms with van der Waals surface area (Å²) in [5.74, 6) is -0.245. The molecule has 96 valence electrons. The van der Waals surface area contributed by atoms with Gasteiger partial charge in [-0.1, -0.05) is 0 Å². The van der Waals surface area contributed by atoms with Crippen LogP contribution in [0.3, 0.4) is 0 Å². The highest BCUT2D eigenvalue weighted by Gasteiger charge is 2.19. The summed E-state index contributed by atoms with van der Waals surface area (Å²) >= 11 is 0. The molecule has 4 heteroatoms. The third kappa shape index (κ3) is 3.02. The van der Waals surface area contributed by atoms with Crippen molar-refractivity contribution < 1.29 is 4.79 Å². The van der Waals surface area contributed by atoms with Crippen molar-refractivity contribution in [1.82, 2.24) is 9.88 Å². The lowest BCUT2D eigenvalue weighted by Crippen LogP contribution is -2.42. The van der Waals surface area contributed by atoms with Crippen molar-refractivity contribution in [2.24, 2.45) is 0 Å². The zero-order valence-corrected chi connectivity index (χ0v) is 10.9. The Balaban J connectivity index is 2.15. The largest absolute Gasteiger partial charge is 0.334 e. The molecule has 1 N–H and O–H groups in total. The molecule has 0 fully saturated rings. The second kappa shape index (κ2) is 4.99. The van der Waals surface area contributed by atoms with E-state index in [0.29, 0.717) is 5.56 Å². The number of hydrogen-bond acceptors (Lipinski definition) is 2. The minimum atomic E-state index is -0.865. The topological polar surface area (TPSA) is 57.8 Å².